The lowest BCUT2D eigenvalue weighted by Gasteiger charge is -2.30. The van der Waals surface area contributed by atoms with Crippen LogP contribution in [0.3, 0.4) is 0 Å². The zero-order chi connectivity index (χ0) is 42.2. The summed E-state index contributed by atoms with van der Waals surface area (Å²) in [6, 6.07) is 45.9. The van der Waals surface area contributed by atoms with E-state index in [-0.39, 0.29) is 27.7 Å². The standard InChI is InChI=1S/C56H63ClN2/c1-53(2,3)38-25-22-37(23-26-38)49(44-18-14-20-47-50(44)46-35-24-36-16-13-17-43(36)52(46)59(47)56(10,11)12)45-19-15-21-48(51(45)57)58(41-31-27-39(28-32-41)54(4,5)6)42-33-29-40(30-34-42)55(7,8)9/h14-15,18-35,49H,13,16-17H2,1-12H3. The molecule has 3 heteroatoms. The van der Waals surface area contributed by atoms with Gasteiger partial charge in [0.25, 0.3) is 0 Å². The Bertz CT molecular complexity index is 2590. The summed E-state index contributed by atoms with van der Waals surface area (Å²) in [6.45, 7) is 27.5. The van der Waals surface area contributed by atoms with Crippen molar-refractivity contribution in [3.8, 4) is 0 Å². The number of aryl methyl sites for hydroxylation is 2. The first-order chi connectivity index (χ1) is 27.7. The molecule has 2 nitrogen and oxygen atoms in total. The van der Waals surface area contributed by atoms with E-state index >= 15 is 0 Å². The number of aromatic nitrogens is 1. The first-order valence-corrected chi connectivity index (χ1v) is 22.1. The van der Waals surface area contributed by atoms with Crippen molar-refractivity contribution >= 4 is 50.5 Å². The third-order valence-corrected chi connectivity index (χ3v) is 13.1. The van der Waals surface area contributed by atoms with Crippen LogP contribution in [-0.2, 0) is 34.6 Å². The average Bonchev–Trinajstić information content (AvgIpc) is 3.79. The second kappa shape index (κ2) is 14.7. The maximum atomic E-state index is 7.99. The second-order valence-corrected chi connectivity index (χ2v) is 21.5. The van der Waals surface area contributed by atoms with E-state index < -0.39 is 0 Å². The fourth-order valence-corrected chi connectivity index (χ4v) is 9.80. The molecular weight excluding hydrogens is 736 g/mol. The van der Waals surface area contributed by atoms with Crippen LogP contribution in [0.25, 0.3) is 21.8 Å². The number of rotatable bonds is 6. The van der Waals surface area contributed by atoms with Gasteiger partial charge in [0, 0.05) is 39.1 Å². The monoisotopic (exact) mass is 798 g/mol. The molecule has 0 N–H and O–H groups in total. The van der Waals surface area contributed by atoms with Crippen LogP contribution in [-0.4, -0.2) is 4.57 Å². The minimum atomic E-state index is -0.124. The predicted molar refractivity (Wildman–Crippen MR) is 256 cm³/mol. The first kappa shape index (κ1) is 41.0. The van der Waals surface area contributed by atoms with E-state index in [0.717, 1.165) is 40.5 Å². The molecule has 59 heavy (non-hydrogen) atoms. The van der Waals surface area contributed by atoms with Crippen LogP contribution in [0.1, 0.15) is 140 Å². The number of hydrogen-bond acceptors (Lipinski definition) is 1. The summed E-state index contributed by atoms with van der Waals surface area (Å²) in [5.74, 6) is -0.124. The maximum absolute atomic E-state index is 7.99. The molecule has 0 fully saturated rings. The normalized spacial score (nSPS) is 14.3. The highest BCUT2D eigenvalue weighted by atomic mass is 35.5. The Hall–Kier alpha value is -4.79. The zero-order valence-electron chi connectivity index (χ0n) is 37.5. The number of fused-ring (bicyclic) bond motifs is 5. The predicted octanol–water partition coefficient (Wildman–Crippen LogP) is 16.2. The lowest BCUT2D eigenvalue weighted by molar-refractivity contribution is 0.422. The molecule has 1 aromatic heterocycles. The van der Waals surface area contributed by atoms with Gasteiger partial charge in [0.2, 0.25) is 0 Å². The van der Waals surface area contributed by atoms with Crippen LogP contribution in [0, 0.1) is 0 Å². The molecule has 0 saturated heterocycles. The molecule has 0 radical (unpaired) electrons. The van der Waals surface area contributed by atoms with Gasteiger partial charge in [-0.1, -0.05) is 159 Å². The summed E-state index contributed by atoms with van der Waals surface area (Å²) >= 11 is 7.99. The van der Waals surface area contributed by atoms with Crippen molar-refractivity contribution in [2.45, 2.75) is 130 Å². The molecule has 304 valence electrons. The van der Waals surface area contributed by atoms with E-state index in [9.17, 15) is 0 Å². The molecule has 7 aromatic rings. The van der Waals surface area contributed by atoms with E-state index in [1.807, 2.05) is 0 Å². The third-order valence-electron chi connectivity index (χ3n) is 12.7. The highest BCUT2D eigenvalue weighted by molar-refractivity contribution is 6.34. The van der Waals surface area contributed by atoms with Crippen LogP contribution in [0.4, 0.5) is 17.1 Å². The van der Waals surface area contributed by atoms with Gasteiger partial charge >= 0.3 is 0 Å². The van der Waals surface area contributed by atoms with E-state index in [4.69, 9.17) is 11.6 Å². The molecule has 0 spiro atoms. The van der Waals surface area contributed by atoms with Crippen molar-refractivity contribution in [2.24, 2.45) is 0 Å². The van der Waals surface area contributed by atoms with E-state index in [1.54, 1.807) is 0 Å². The lowest BCUT2D eigenvalue weighted by atomic mass is 9.80. The quantitative estimate of drug-likeness (QED) is 0.152. The molecule has 0 saturated carbocycles. The Morgan fingerprint density at radius 2 is 1.05 bits per heavy atom. The van der Waals surface area contributed by atoms with Gasteiger partial charge in [-0.15, -0.1) is 0 Å². The molecule has 0 bridgehead atoms. The molecule has 0 amide bonds. The zero-order valence-corrected chi connectivity index (χ0v) is 38.3. The second-order valence-electron chi connectivity index (χ2n) is 21.1. The van der Waals surface area contributed by atoms with Gasteiger partial charge in [-0.25, -0.2) is 0 Å². The Morgan fingerprint density at radius 1 is 0.542 bits per heavy atom. The summed E-state index contributed by atoms with van der Waals surface area (Å²) in [6.07, 6.45) is 3.50. The van der Waals surface area contributed by atoms with Gasteiger partial charge in [-0.05, 0) is 137 Å². The van der Waals surface area contributed by atoms with Gasteiger partial charge in [0.05, 0.1) is 16.2 Å². The van der Waals surface area contributed by atoms with Crippen molar-refractivity contribution in [3.05, 3.63) is 171 Å². The van der Waals surface area contributed by atoms with Crippen molar-refractivity contribution in [2.75, 3.05) is 4.90 Å². The lowest BCUT2D eigenvalue weighted by Crippen LogP contribution is -2.22. The SMILES string of the molecule is CC(C)(C)c1ccc(C(c2cccc(N(c3ccc(C(C)(C)C)cc3)c3ccc(C(C)(C)C)cc3)c2Cl)c2cccc3c2c2ccc4c(c2n3C(C)(C)C)CCC4)cc1. The van der Waals surface area contributed by atoms with Gasteiger partial charge in [0.1, 0.15) is 0 Å². The van der Waals surface area contributed by atoms with Crippen LogP contribution in [0.5, 0.6) is 0 Å². The average molecular weight is 800 g/mol. The number of hydrogen-bond donors (Lipinski definition) is 0. The van der Waals surface area contributed by atoms with Gasteiger partial charge in [-0.2, -0.15) is 0 Å². The van der Waals surface area contributed by atoms with E-state index in [2.05, 4.69) is 214 Å². The van der Waals surface area contributed by atoms with Gasteiger partial charge < -0.3 is 9.47 Å². The highest BCUT2D eigenvalue weighted by Gasteiger charge is 2.31. The summed E-state index contributed by atoms with van der Waals surface area (Å²) in [7, 11) is 0. The molecular formula is C56H63ClN2. The van der Waals surface area contributed by atoms with Gasteiger partial charge in [-0.3, -0.25) is 0 Å². The maximum Gasteiger partial charge on any atom is 0.0688 e. The van der Waals surface area contributed by atoms with Crippen LogP contribution in [0.2, 0.25) is 5.02 Å². The molecule has 0 aliphatic heterocycles. The minimum Gasteiger partial charge on any atom is -0.335 e. The van der Waals surface area contributed by atoms with Crippen molar-refractivity contribution in [1.29, 1.82) is 0 Å². The Labute approximate surface area is 359 Å². The minimum absolute atomic E-state index is 0.0394. The first-order valence-electron chi connectivity index (χ1n) is 21.7. The van der Waals surface area contributed by atoms with Gasteiger partial charge in [0.15, 0.2) is 0 Å². The number of nitrogens with zero attached hydrogens (tertiary/aromatic N) is 2. The third kappa shape index (κ3) is 7.52. The fraction of sp³-hybridized carbons (Fsp3) is 0.357. The molecule has 1 aliphatic carbocycles. The molecule has 1 unspecified atom stereocenters. The van der Waals surface area contributed by atoms with Crippen LogP contribution >= 0.6 is 11.6 Å². The summed E-state index contributed by atoms with van der Waals surface area (Å²) in [5.41, 5.74) is 16.4. The number of benzene rings is 6. The Morgan fingerprint density at radius 3 is 1.58 bits per heavy atom. The molecule has 8 rings (SSSR count). The topological polar surface area (TPSA) is 8.17 Å². The molecule has 1 atom stereocenters. The summed E-state index contributed by atoms with van der Waals surface area (Å²) < 4.78 is 2.63. The van der Waals surface area contributed by atoms with Crippen molar-refractivity contribution < 1.29 is 0 Å². The Kier molecular flexibility index (Phi) is 10.2. The summed E-state index contributed by atoms with van der Waals surface area (Å²) in [4.78, 5) is 2.35. The Balaban J connectivity index is 1.40. The van der Waals surface area contributed by atoms with Crippen molar-refractivity contribution in [3.63, 3.8) is 0 Å². The van der Waals surface area contributed by atoms with Crippen LogP contribution < -0.4 is 4.90 Å². The highest BCUT2D eigenvalue weighted by Crippen LogP contribution is 2.49. The van der Waals surface area contributed by atoms with Crippen molar-refractivity contribution in [1.82, 2.24) is 4.57 Å². The number of halogens is 1. The number of anilines is 3. The largest absolute Gasteiger partial charge is 0.335 e. The molecule has 1 heterocycles. The van der Waals surface area contributed by atoms with Crippen LogP contribution in [0.15, 0.2) is 121 Å². The molecule has 1 aliphatic rings. The smallest absolute Gasteiger partial charge is 0.0688 e. The molecule has 6 aromatic carbocycles. The fourth-order valence-electron chi connectivity index (χ4n) is 9.48. The van der Waals surface area contributed by atoms with E-state index in [1.165, 1.54) is 67.2 Å². The van der Waals surface area contributed by atoms with E-state index in [0.29, 0.717) is 0 Å². The summed E-state index contributed by atoms with van der Waals surface area (Å²) in [5, 5.41) is 3.43.